The molecule has 1 N–H and O–H groups in total. The Kier molecular flexibility index (Phi) is 6.77. The van der Waals surface area contributed by atoms with Gasteiger partial charge in [-0.05, 0) is 48.7 Å². The molecule has 0 aliphatic carbocycles. The number of benzene rings is 2. The third-order valence-corrected chi connectivity index (χ3v) is 8.49. The van der Waals surface area contributed by atoms with Gasteiger partial charge in [-0.3, -0.25) is 4.79 Å². The molecule has 1 saturated heterocycles. The fourth-order valence-corrected chi connectivity index (χ4v) is 6.39. The number of anilines is 1. The fraction of sp³-hybridized carbons (Fsp3) is 0.440. The summed E-state index contributed by atoms with van der Waals surface area (Å²) >= 11 is 0. The Labute approximate surface area is 205 Å². The molecule has 0 bridgehead atoms. The summed E-state index contributed by atoms with van der Waals surface area (Å²) in [4.78, 5) is 17.7. The Morgan fingerprint density at radius 3 is 2.71 bits per heavy atom. The number of nitrogens with zero attached hydrogens (tertiary/aromatic N) is 3. The van der Waals surface area contributed by atoms with E-state index in [1.165, 1.54) is 23.9 Å². The molecule has 1 aromatic heterocycles. The molecule has 0 unspecified atom stereocenters. The highest BCUT2D eigenvalue weighted by atomic mass is 32.2. The largest absolute Gasteiger partial charge is 0.495 e. The molecule has 186 valence electrons. The van der Waals surface area contributed by atoms with Crippen molar-refractivity contribution >= 4 is 32.7 Å². The average Bonchev–Trinajstić information content (AvgIpc) is 3.03. The van der Waals surface area contributed by atoms with Gasteiger partial charge < -0.3 is 19.4 Å². The minimum atomic E-state index is -3.76. The smallest absolute Gasteiger partial charge is 0.246 e. The SMILES string of the molecule is COc1ccc(CC(=O)Nc2ccc3c(c2)nc2n3CCCCC2)cc1S(=O)(=O)N1CCOCC1. The quantitative estimate of drug-likeness (QED) is 0.561. The second-order valence-electron chi connectivity index (χ2n) is 8.92. The lowest BCUT2D eigenvalue weighted by atomic mass is 10.1. The average molecular weight is 499 g/mol. The molecule has 2 aliphatic rings. The van der Waals surface area contributed by atoms with Crippen LogP contribution in [0.2, 0.25) is 0 Å². The van der Waals surface area contributed by atoms with Crippen molar-refractivity contribution in [3.05, 3.63) is 47.8 Å². The van der Waals surface area contributed by atoms with Crippen molar-refractivity contribution in [1.82, 2.24) is 13.9 Å². The number of hydrogen-bond acceptors (Lipinski definition) is 6. The van der Waals surface area contributed by atoms with Crippen molar-refractivity contribution < 1.29 is 22.7 Å². The molecule has 1 fully saturated rings. The first-order chi connectivity index (χ1) is 17.0. The van der Waals surface area contributed by atoms with Gasteiger partial charge in [-0.15, -0.1) is 0 Å². The summed E-state index contributed by atoms with van der Waals surface area (Å²) < 4.78 is 40.7. The number of carbonyl (C=O) groups is 1. The lowest BCUT2D eigenvalue weighted by Gasteiger charge is -2.26. The van der Waals surface area contributed by atoms with Crippen LogP contribution in [-0.4, -0.2) is 61.6 Å². The third kappa shape index (κ3) is 4.91. The zero-order valence-corrected chi connectivity index (χ0v) is 20.6. The zero-order valence-electron chi connectivity index (χ0n) is 19.8. The monoisotopic (exact) mass is 498 g/mol. The third-order valence-electron chi connectivity index (χ3n) is 6.57. The van der Waals surface area contributed by atoms with E-state index >= 15 is 0 Å². The van der Waals surface area contributed by atoms with Crippen LogP contribution in [0.5, 0.6) is 5.75 Å². The van der Waals surface area contributed by atoms with Crippen molar-refractivity contribution in [2.45, 2.75) is 43.5 Å². The summed E-state index contributed by atoms with van der Waals surface area (Å²) in [5.74, 6) is 1.13. The van der Waals surface area contributed by atoms with Crippen molar-refractivity contribution in [3.63, 3.8) is 0 Å². The lowest BCUT2D eigenvalue weighted by molar-refractivity contribution is -0.115. The van der Waals surface area contributed by atoms with Crippen LogP contribution in [0.3, 0.4) is 0 Å². The molecular weight excluding hydrogens is 468 g/mol. The van der Waals surface area contributed by atoms with Crippen molar-refractivity contribution in [3.8, 4) is 5.75 Å². The molecule has 3 aromatic rings. The van der Waals surface area contributed by atoms with Crippen molar-refractivity contribution in [1.29, 1.82) is 0 Å². The molecule has 10 heteroatoms. The van der Waals surface area contributed by atoms with Crippen LogP contribution in [0, 0.1) is 0 Å². The number of aryl methyl sites for hydroxylation is 2. The van der Waals surface area contributed by atoms with Gasteiger partial charge in [-0.25, -0.2) is 13.4 Å². The van der Waals surface area contributed by atoms with E-state index in [9.17, 15) is 13.2 Å². The second-order valence-corrected chi connectivity index (χ2v) is 10.8. The molecule has 1 amide bonds. The van der Waals surface area contributed by atoms with Crippen LogP contribution in [0.4, 0.5) is 5.69 Å². The van der Waals surface area contributed by atoms with Crippen LogP contribution in [0.15, 0.2) is 41.3 Å². The van der Waals surface area contributed by atoms with Crippen LogP contribution in [0.1, 0.15) is 30.7 Å². The van der Waals surface area contributed by atoms with Gasteiger partial charge >= 0.3 is 0 Å². The highest BCUT2D eigenvalue weighted by Crippen LogP contribution is 2.29. The molecule has 5 rings (SSSR count). The number of rotatable bonds is 6. The van der Waals surface area contributed by atoms with E-state index in [1.54, 1.807) is 12.1 Å². The minimum absolute atomic E-state index is 0.0351. The first-order valence-corrected chi connectivity index (χ1v) is 13.4. The summed E-state index contributed by atoms with van der Waals surface area (Å²) in [6.07, 6.45) is 4.54. The maximum absolute atomic E-state index is 13.2. The Balaban J connectivity index is 1.33. The second kappa shape index (κ2) is 9.96. The van der Waals surface area contributed by atoms with Gasteiger partial charge in [0, 0.05) is 31.7 Å². The van der Waals surface area contributed by atoms with Crippen molar-refractivity contribution in [2.75, 3.05) is 38.7 Å². The van der Waals surface area contributed by atoms with Gasteiger partial charge in [0.1, 0.15) is 16.5 Å². The molecule has 0 atom stereocenters. The Morgan fingerprint density at radius 2 is 1.91 bits per heavy atom. The fourth-order valence-electron chi connectivity index (χ4n) is 4.78. The molecule has 0 saturated carbocycles. The molecular formula is C25H30N4O5S. The summed E-state index contributed by atoms with van der Waals surface area (Å²) in [5.41, 5.74) is 3.23. The number of ether oxygens (including phenoxy) is 2. The number of carbonyl (C=O) groups excluding carboxylic acids is 1. The minimum Gasteiger partial charge on any atom is -0.495 e. The molecule has 2 aromatic carbocycles. The summed E-state index contributed by atoms with van der Waals surface area (Å²) in [6, 6.07) is 10.6. The van der Waals surface area contributed by atoms with Gasteiger partial charge in [0.2, 0.25) is 15.9 Å². The highest BCUT2D eigenvalue weighted by molar-refractivity contribution is 7.89. The number of fused-ring (bicyclic) bond motifs is 3. The first kappa shape index (κ1) is 23.8. The van der Waals surface area contributed by atoms with Crippen LogP contribution in [-0.2, 0) is 38.9 Å². The van der Waals surface area contributed by atoms with Gasteiger partial charge in [-0.2, -0.15) is 4.31 Å². The summed E-state index contributed by atoms with van der Waals surface area (Å²) in [5, 5.41) is 2.93. The number of nitrogens with one attached hydrogen (secondary N) is 1. The number of imidazole rings is 1. The van der Waals surface area contributed by atoms with E-state index in [2.05, 4.69) is 9.88 Å². The summed E-state index contributed by atoms with van der Waals surface area (Å²) in [6.45, 7) is 2.26. The Bertz CT molecular complexity index is 1350. The number of amides is 1. The lowest BCUT2D eigenvalue weighted by Crippen LogP contribution is -2.40. The van der Waals surface area contributed by atoms with E-state index in [0.717, 1.165) is 42.7 Å². The number of hydrogen-bond donors (Lipinski definition) is 1. The summed E-state index contributed by atoms with van der Waals surface area (Å²) in [7, 11) is -2.33. The van der Waals surface area contributed by atoms with Gasteiger partial charge in [0.15, 0.2) is 0 Å². The van der Waals surface area contributed by atoms with E-state index in [-0.39, 0.29) is 36.1 Å². The molecule has 0 spiro atoms. The van der Waals surface area contributed by atoms with Crippen LogP contribution in [0.25, 0.3) is 11.0 Å². The van der Waals surface area contributed by atoms with Gasteiger partial charge in [0.25, 0.3) is 0 Å². The maximum Gasteiger partial charge on any atom is 0.246 e. The van der Waals surface area contributed by atoms with Crippen LogP contribution >= 0.6 is 0 Å². The molecule has 2 aliphatic heterocycles. The number of sulfonamides is 1. The molecule has 9 nitrogen and oxygen atoms in total. The van der Waals surface area contributed by atoms with E-state index < -0.39 is 10.0 Å². The standard InChI is InChI=1S/C25H30N4O5S/c1-33-22-9-6-18(15-23(22)35(31,32)28-11-13-34-14-12-28)16-25(30)26-19-7-8-21-20(17-19)27-24-5-3-2-4-10-29(21)24/h6-9,15,17H,2-5,10-14,16H2,1H3,(H,26,30). The van der Waals surface area contributed by atoms with Crippen molar-refractivity contribution in [2.24, 2.45) is 0 Å². The number of methoxy groups -OCH3 is 1. The molecule has 0 radical (unpaired) electrons. The van der Waals surface area contributed by atoms with E-state index in [0.29, 0.717) is 24.5 Å². The number of morpholine rings is 1. The molecule has 35 heavy (non-hydrogen) atoms. The predicted molar refractivity (Wildman–Crippen MR) is 132 cm³/mol. The van der Waals surface area contributed by atoms with E-state index in [4.69, 9.17) is 14.5 Å². The number of aromatic nitrogens is 2. The zero-order chi connectivity index (χ0) is 24.4. The van der Waals surface area contributed by atoms with Gasteiger partial charge in [-0.1, -0.05) is 12.5 Å². The predicted octanol–water partition coefficient (Wildman–Crippen LogP) is 2.97. The maximum atomic E-state index is 13.2. The normalized spacial score (nSPS) is 17.1. The van der Waals surface area contributed by atoms with Crippen LogP contribution < -0.4 is 10.1 Å². The first-order valence-electron chi connectivity index (χ1n) is 12.0. The topological polar surface area (TPSA) is 103 Å². The van der Waals surface area contributed by atoms with Gasteiger partial charge in [0.05, 0.1) is 37.8 Å². The Morgan fingerprint density at radius 1 is 1.09 bits per heavy atom. The highest BCUT2D eigenvalue weighted by Gasteiger charge is 2.29. The Hall–Kier alpha value is -2.95. The van der Waals surface area contributed by atoms with E-state index in [1.807, 2.05) is 18.2 Å². The molecule has 3 heterocycles.